The first-order valence-corrected chi connectivity index (χ1v) is 37.4. The zero-order chi connectivity index (χ0) is 78.5. The molecule has 38 heteroatoms. The Kier molecular flexibility index (Phi) is 26.6. The van der Waals surface area contributed by atoms with Gasteiger partial charge in [0.1, 0.15) is 95.5 Å². The van der Waals surface area contributed by atoms with Crippen LogP contribution < -0.4 is 73.9 Å². The first-order valence-electron chi connectivity index (χ1n) is 34.2. The molecule has 7 heterocycles. The Morgan fingerprint density at radius 1 is 0.722 bits per heavy atom. The number of phenolic OH excluding ortho intramolecular Hbond substituents is 3. The predicted octanol–water partition coefficient (Wildman–Crippen LogP) is 0.683. The SMILES string of the molecule is CN[C@H](CC(C)C)C(=O)N[C@H]1C(=O)N[C@@H](CC(N)=O)C(=O)N[C@H]2C(=O)N[C@H]3C(=O)N[C@H](C(=O)N[C@H](C(=O)NCCSSCCN)c4cc(O)cc(O)c4-c4cc3ccc4O)[C@H](O)c3ccc(c(Cl)c3)Oc3cc2cc(c3O[C@H]2O[C@@H](CO)[C@H](O)[C@@H](O)[C@@H]2O[C@H]2C[C@](C)(N)[C@H](C)[C@H](O)O2)Oc2ccc(cc2Cl)[C@H]1O. The molecule has 7 aliphatic rings. The van der Waals surface area contributed by atoms with Crippen molar-refractivity contribution >= 4 is 92.0 Å². The molecule has 0 aliphatic carbocycles. The van der Waals surface area contributed by atoms with Crippen molar-refractivity contribution in [2.45, 2.75) is 150 Å². The summed E-state index contributed by atoms with van der Waals surface area (Å²) in [5.74, 6) is -14.4. The monoisotopic (exact) mass is 1580 g/mol. The van der Waals surface area contributed by atoms with Crippen LogP contribution in [-0.2, 0) is 52.6 Å². The lowest BCUT2D eigenvalue weighted by molar-refractivity contribution is -0.348. The van der Waals surface area contributed by atoms with E-state index >= 15 is 19.2 Å². The summed E-state index contributed by atoms with van der Waals surface area (Å²) in [5.41, 5.74) is 14.5. The molecule has 8 amide bonds. The number of nitrogens with one attached hydrogen (secondary N) is 8. The molecular formula is C70H85Cl2N11O23S2. The van der Waals surface area contributed by atoms with Gasteiger partial charge in [0, 0.05) is 59.7 Å². The number of aliphatic hydroxyl groups is 6. The summed E-state index contributed by atoms with van der Waals surface area (Å²) in [6, 6.07) is 0.369. The van der Waals surface area contributed by atoms with Crippen LogP contribution in [0.3, 0.4) is 0 Å². The summed E-state index contributed by atoms with van der Waals surface area (Å²) in [6.45, 7) is 6.23. The van der Waals surface area contributed by atoms with Gasteiger partial charge in [-0.25, -0.2) is 0 Å². The zero-order valence-electron chi connectivity index (χ0n) is 58.6. The van der Waals surface area contributed by atoms with Crippen molar-refractivity contribution in [1.82, 2.24) is 42.5 Å². The van der Waals surface area contributed by atoms with Gasteiger partial charge in [0.15, 0.2) is 30.2 Å². The van der Waals surface area contributed by atoms with Crippen LogP contribution >= 0.6 is 44.8 Å². The Balaban J connectivity index is 1.22. The zero-order valence-corrected chi connectivity index (χ0v) is 61.7. The topological polar surface area (TPSA) is 548 Å². The Morgan fingerprint density at radius 3 is 1.95 bits per heavy atom. The summed E-state index contributed by atoms with van der Waals surface area (Å²) < 4.78 is 38.3. The summed E-state index contributed by atoms with van der Waals surface area (Å²) in [6.07, 6.45) is -17.9. The average Bonchev–Trinajstić information content (AvgIpc) is 0.775. The van der Waals surface area contributed by atoms with Gasteiger partial charge in [0.2, 0.25) is 59.3 Å². The molecule has 11 bridgehead atoms. The van der Waals surface area contributed by atoms with E-state index < -0.39 is 220 Å². The average molecular weight is 1580 g/mol. The van der Waals surface area contributed by atoms with E-state index in [1.807, 2.05) is 13.8 Å². The van der Waals surface area contributed by atoms with E-state index in [1.165, 1.54) is 46.8 Å². The van der Waals surface area contributed by atoms with Crippen LogP contribution in [0.4, 0.5) is 0 Å². The van der Waals surface area contributed by atoms with Crippen LogP contribution in [0, 0.1) is 11.8 Å². The summed E-state index contributed by atoms with van der Waals surface area (Å²) in [5, 5.41) is 125. The van der Waals surface area contributed by atoms with Crippen LogP contribution in [0.5, 0.6) is 46.0 Å². The second kappa shape index (κ2) is 35.0. The molecule has 0 aromatic heterocycles. The lowest BCUT2D eigenvalue weighted by Gasteiger charge is -2.47. The molecule has 18 atom stereocenters. The van der Waals surface area contributed by atoms with Gasteiger partial charge >= 0.3 is 0 Å². The number of hydrogen-bond acceptors (Lipinski definition) is 28. The van der Waals surface area contributed by atoms with Crippen molar-refractivity contribution in [1.29, 1.82) is 0 Å². The van der Waals surface area contributed by atoms with E-state index in [4.69, 9.17) is 68.8 Å². The second-order valence-electron chi connectivity index (χ2n) is 27.1. The van der Waals surface area contributed by atoms with Gasteiger partial charge in [-0.2, -0.15) is 0 Å². The predicted molar refractivity (Wildman–Crippen MR) is 388 cm³/mol. The van der Waals surface area contributed by atoms with Crippen molar-refractivity contribution in [3.05, 3.63) is 117 Å². The van der Waals surface area contributed by atoms with E-state index in [9.17, 15) is 65.1 Å². The van der Waals surface area contributed by atoms with Crippen LogP contribution in [-0.4, -0.2) is 204 Å². The molecule has 0 radical (unpaired) electrons. The van der Waals surface area contributed by atoms with Gasteiger partial charge in [-0.15, -0.1) is 0 Å². The molecule has 108 heavy (non-hydrogen) atoms. The molecule has 5 aromatic rings. The Morgan fingerprint density at radius 2 is 1.34 bits per heavy atom. The maximum Gasteiger partial charge on any atom is 0.248 e. The number of carbonyl (C=O) groups excluding carboxylic acids is 8. The van der Waals surface area contributed by atoms with Crippen LogP contribution in [0.25, 0.3) is 11.1 Å². The van der Waals surface area contributed by atoms with Crippen molar-refractivity contribution in [2.24, 2.45) is 29.0 Å². The highest BCUT2D eigenvalue weighted by atomic mass is 35.5. The number of aromatic hydroxyl groups is 3. The van der Waals surface area contributed by atoms with Gasteiger partial charge in [0.25, 0.3) is 0 Å². The molecule has 0 unspecified atom stereocenters. The fourth-order valence-corrected chi connectivity index (χ4v) is 15.0. The van der Waals surface area contributed by atoms with Gasteiger partial charge in [0.05, 0.1) is 29.1 Å². The van der Waals surface area contributed by atoms with E-state index in [-0.39, 0.29) is 69.6 Å². The number of nitrogens with two attached hydrogens (primary N) is 3. The number of halogens is 2. The van der Waals surface area contributed by atoms with Crippen molar-refractivity contribution in [3.63, 3.8) is 0 Å². The Bertz CT molecular complexity index is 4230. The summed E-state index contributed by atoms with van der Waals surface area (Å²) in [4.78, 5) is 120. The molecule has 7 aliphatic heterocycles. The normalized spacial score (nSPS) is 28.3. The number of likely N-dealkylation sites (N-methyl/N-ethyl adjacent to an activating group) is 1. The highest BCUT2D eigenvalue weighted by Gasteiger charge is 2.51. The molecule has 12 rings (SSSR count). The fourth-order valence-electron chi connectivity index (χ4n) is 12.8. The smallest absolute Gasteiger partial charge is 0.248 e. The molecule has 0 spiro atoms. The molecule has 0 saturated carbocycles. The van der Waals surface area contributed by atoms with Crippen molar-refractivity contribution in [3.8, 4) is 57.1 Å². The highest BCUT2D eigenvalue weighted by molar-refractivity contribution is 8.76. The van der Waals surface area contributed by atoms with E-state index in [0.717, 1.165) is 60.7 Å². The molecule has 584 valence electrons. The fraction of sp³-hybridized carbons (Fsp3) is 0.457. The standard InChI is InChI=1S/C70H85Cl2N11O23S2/c1-27(2)16-38(76-5)61(93)82-53-55(89)30-7-10-42(36(71)18-30)101-44-20-32-21-45(59(44)106-69-60(58(92)57(91)46(26-84)103-69)104-48-25-70(4,75)28(3)68(100)105-48)102-43-11-8-31(19-37(43)72)56(90)54-67(99)81-52(63(95)77-13-15-108-107-14-12-73)35-22-33(85)23-41(87)49(35)34-17-29(6-9-40(34)86)50(64(96)83-54)80-65(97)51(32)79-62(94)39(24-47(74)88)78-66(53)98/h6-11,17-23,27-28,38-39,46,48,50-58,60,68-69,76,84-87,89-92,100H,12-16,24-26,73,75H2,1-5H3,(H2,74,88)(H,77,95)(H,78,98)(H,79,94)(H,80,97)(H,81,99)(H,82,93)(H,83,96)/t28-,38-,39+,46+,48-,50-,51-,52+,53-,54+,55-,56-,57+,58-,60+,68-,69-,70+/m1/s1. The number of benzene rings is 5. The van der Waals surface area contributed by atoms with Crippen LogP contribution in [0.2, 0.25) is 10.0 Å². The molecule has 2 saturated heterocycles. The maximum atomic E-state index is 16.2. The Hall–Kier alpha value is -8.54. The lowest BCUT2D eigenvalue weighted by atomic mass is 9.82. The molecule has 23 N–H and O–H groups in total. The minimum absolute atomic E-state index is 0.0297. The molecule has 34 nitrogen and oxygen atoms in total. The number of carbonyl (C=O) groups is 8. The molecular weight excluding hydrogens is 1500 g/mol. The lowest BCUT2D eigenvalue weighted by Crippen LogP contribution is -2.63. The number of amides is 8. The minimum Gasteiger partial charge on any atom is -0.508 e. The molecule has 2 fully saturated rings. The quantitative estimate of drug-likeness (QED) is 0.0399. The number of phenols is 3. The number of hydrogen-bond donors (Lipinski definition) is 20. The molecule has 5 aromatic carbocycles. The van der Waals surface area contributed by atoms with Gasteiger partial charge in [-0.3, -0.25) is 38.4 Å². The van der Waals surface area contributed by atoms with Gasteiger partial charge in [-0.1, -0.05) is 83.8 Å². The van der Waals surface area contributed by atoms with Crippen molar-refractivity contribution < 1.29 is 113 Å². The van der Waals surface area contributed by atoms with Gasteiger partial charge < -0.3 is 134 Å². The number of rotatable bonds is 19. The number of aliphatic hydroxyl groups excluding tert-OH is 6. The summed E-state index contributed by atoms with van der Waals surface area (Å²) >= 11 is 14.2. The minimum atomic E-state index is -2.34. The van der Waals surface area contributed by atoms with E-state index in [0.29, 0.717) is 18.1 Å². The van der Waals surface area contributed by atoms with E-state index in [1.54, 1.807) is 13.8 Å². The number of ether oxygens (including phenoxy) is 6. The third kappa shape index (κ3) is 18.5. The third-order valence-corrected chi connectivity index (χ3v) is 21.9. The number of primary amides is 1. The van der Waals surface area contributed by atoms with Gasteiger partial charge in [-0.05, 0) is 109 Å². The van der Waals surface area contributed by atoms with Crippen molar-refractivity contribution in [2.75, 3.05) is 38.2 Å². The van der Waals surface area contributed by atoms with E-state index in [2.05, 4.69) is 42.5 Å². The third-order valence-electron chi connectivity index (χ3n) is 18.8. The Labute approximate surface area is 635 Å². The van der Waals surface area contributed by atoms with Crippen LogP contribution in [0.1, 0.15) is 105 Å². The largest absolute Gasteiger partial charge is 0.508 e. The first kappa shape index (κ1) is 82.0. The number of fused-ring (bicyclic) bond motifs is 15. The maximum absolute atomic E-state index is 16.2. The first-order chi connectivity index (χ1) is 51.2. The summed E-state index contributed by atoms with van der Waals surface area (Å²) in [7, 11) is 4.26. The highest BCUT2D eigenvalue weighted by Crippen LogP contribution is 2.50. The van der Waals surface area contributed by atoms with Crippen LogP contribution in [0.15, 0.2) is 78.9 Å². The second-order valence-corrected chi connectivity index (χ2v) is 30.6.